The summed E-state index contributed by atoms with van der Waals surface area (Å²) in [5.74, 6) is -1.90. The van der Waals surface area contributed by atoms with E-state index in [2.05, 4.69) is 0 Å². The van der Waals surface area contributed by atoms with Crippen molar-refractivity contribution >= 4 is 11.9 Å². The van der Waals surface area contributed by atoms with Gasteiger partial charge in [-0.3, -0.25) is 4.79 Å². The van der Waals surface area contributed by atoms with E-state index >= 15 is 0 Å². The molecule has 0 heterocycles. The lowest BCUT2D eigenvalue weighted by atomic mass is 10.4. The van der Waals surface area contributed by atoms with Crippen LogP contribution in [0.25, 0.3) is 0 Å². The largest absolute Gasteiger partial charge is 0.481 e. The third-order valence-electron chi connectivity index (χ3n) is 0.599. The van der Waals surface area contributed by atoms with Crippen molar-refractivity contribution in [2.75, 3.05) is 6.61 Å². The molecule has 0 aliphatic carbocycles. The summed E-state index contributed by atoms with van der Waals surface area (Å²) in [4.78, 5) is 18.7. The molecule has 0 aromatic rings. The summed E-state index contributed by atoms with van der Waals surface area (Å²) in [6.45, 7) is 1.06. The fraction of sp³-hybridized carbons (Fsp3) is 0.667. The van der Waals surface area contributed by atoms with Gasteiger partial charge in [0, 0.05) is 6.42 Å². The Kier molecular flexibility index (Phi) is 10.2. The first-order chi connectivity index (χ1) is 5.04. The second kappa shape index (κ2) is 8.90. The lowest BCUT2D eigenvalue weighted by Gasteiger charge is -1.79. The van der Waals surface area contributed by atoms with Crippen molar-refractivity contribution in [1.82, 2.24) is 0 Å². The van der Waals surface area contributed by atoms with E-state index in [0.717, 1.165) is 6.42 Å². The first-order valence-corrected chi connectivity index (χ1v) is 3.09. The lowest BCUT2D eigenvalue weighted by molar-refractivity contribution is -0.140. The molecule has 3 N–H and O–H groups in total. The Balaban J connectivity index is 0. The highest BCUT2D eigenvalue weighted by Gasteiger charge is 1.87. The zero-order valence-electron chi connectivity index (χ0n) is 6.28. The molecular formula is C6H12O5. The number of hydrogen-bond donors (Lipinski definition) is 3. The maximum Gasteiger partial charge on any atom is 0.329 e. The molecular weight excluding hydrogens is 152 g/mol. The Morgan fingerprint density at radius 3 is 1.55 bits per heavy atom. The molecule has 0 saturated carbocycles. The van der Waals surface area contributed by atoms with Gasteiger partial charge in [-0.05, 0) is 6.42 Å². The Morgan fingerprint density at radius 2 is 1.55 bits per heavy atom. The van der Waals surface area contributed by atoms with E-state index in [1.165, 1.54) is 0 Å². The summed E-state index contributed by atoms with van der Waals surface area (Å²) in [5, 5.41) is 22.9. The van der Waals surface area contributed by atoms with Crippen molar-refractivity contribution in [1.29, 1.82) is 0 Å². The maximum absolute atomic E-state index is 9.60. The van der Waals surface area contributed by atoms with Crippen LogP contribution in [0.2, 0.25) is 0 Å². The van der Waals surface area contributed by atoms with Gasteiger partial charge in [-0.25, -0.2) is 4.79 Å². The summed E-state index contributed by atoms with van der Waals surface area (Å²) < 4.78 is 0. The molecule has 5 nitrogen and oxygen atoms in total. The molecule has 5 heteroatoms. The maximum atomic E-state index is 9.60. The second-order valence-corrected chi connectivity index (χ2v) is 1.70. The summed E-state index contributed by atoms with van der Waals surface area (Å²) >= 11 is 0. The fourth-order valence-electron chi connectivity index (χ4n) is 0.214. The first kappa shape index (κ1) is 12.6. The van der Waals surface area contributed by atoms with E-state index in [1.807, 2.05) is 6.92 Å². The van der Waals surface area contributed by atoms with Crippen LogP contribution in [0.15, 0.2) is 0 Å². The summed E-state index contributed by atoms with van der Waals surface area (Å²) in [6, 6.07) is 0. The Labute approximate surface area is 64.3 Å². The van der Waals surface area contributed by atoms with Gasteiger partial charge in [0.1, 0.15) is 6.61 Å². The van der Waals surface area contributed by atoms with Crippen LogP contribution in [0.4, 0.5) is 0 Å². The Morgan fingerprint density at radius 1 is 1.18 bits per heavy atom. The third kappa shape index (κ3) is 27.9. The summed E-state index contributed by atoms with van der Waals surface area (Å²) in [5.41, 5.74) is 0. The van der Waals surface area contributed by atoms with Crippen molar-refractivity contribution in [2.45, 2.75) is 19.8 Å². The minimum atomic E-state index is -1.19. The average Bonchev–Trinajstić information content (AvgIpc) is 1.89. The van der Waals surface area contributed by atoms with Crippen LogP contribution in [0, 0.1) is 0 Å². The molecule has 0 aliphatic rings. The number of hydrogen-bond acceptors (Lipinski definition) is 3. The van der Waals surface area contributed by atoms with Gasteiger partial charge in [-0.1, -0.05) is 6.92 Å². The number of carboxylic acids is 2. The molecule has 11 heavy (non-hydrogen) atoms. The number of aliphatic hydroxyl groups is 1. The van der Waals surface area contributed by atoms with Crippen molar-refractivity contribution in [2.24, 2.45) is 0 Å². The molecule has 0 aromatic carbocycles. The Bertz CT molecular complexity index is 120. The van der Waals surface area contributed by atoms with Crippen molar-refractivity contribution in [3.8, 4) is 0 Å². The highest BCUT2D eigenvalue weighted by atomic mass is 16.4. The molecule has 0 radical (unpaired) electrons. The van der Waals surface area contributed by atoms with Gasteiger partial charge in [0.15, 0.2) is 0 Å². The van der Waals surface area contributed by atoms with Gasteiger partial charge >= 0.3 is 11.9 Å². The normalized spacial score (nSPS) is 7.82. The minimum Gasteiger partial charge on any atom is -0.481 e. The molecule has 0 spiro atoms. The van der Waals surface area contributed by atoms with Gasteiger partial charge in [0.05, 0.1) is 0 Å². The molecule has 0 aromatic heterocycles. The smallest absolute Gasteiger partial charge is 0.329 e. The predicted octanol–water partition coefficient (Wildman–Crippen LogP) is -0.0656. The molecule has 0 fully saturated rings. The molecule has 0 atom stereocenters. The van der Waals surface area contributed by atoms with Crippen LogP contribution in [0.1, 0.15) is 19.8 Å². The van der Waals surface area contributed by atoms with Gasteiger partial charge in [0.25, 0.3) is 0 Å². The fourth-order valence-corrected chi connectivity index (χ4v) is 0.214. The van der Waals surface area contributed by atoms with Crippen LogP contribution >= 0.6 is 0 Å². The minimum absolute atomic E-state index is 0.292. The molecule has 66 valence electrons. The van der Waals surface area contributed by atoms with E-state index in [-0.39, 0.29) is 0 Å². The Hall–Kier alpha value is -1.10. The number of carbonyl (C=O) groups is 2. The van der Waals surface area contributed by atoms with E-state index in [0.29, 0.717) is 6.42 Å². The number of aliphatic carboxylic acids is 2. The lowest BCUT2D eigenvalue weighted by Crippen LogP contribution is -1.98. The quantitative estimate of drug-likeness (QED) is 0.543. The van der Waals surface area contributed by atoms with Crippen LogP contribution in [0.5, 0.6) is 0 Å². The summed E-state index contributed by atoms with van der Waals surface area (Å²) in [6.07, 6.45) is 1.02. The van der Waals surface area contributed by atoms with Gasteiger partial charge < -0.3 is 15.3 Å². The molecule has 0 bridgehead atoms. The molecule has 0 rings (SSSR count). The second-order valence-electron chi connectivity index (χ2n) is 1.70. The van der Waals surface area contributed by atoms with E-state index in [4.69, 9.17) is 20.1 Å². The van der Waals surface area contributed by atoms with Crippen LogP contribution in [-0.2, 0) is 9.59 Å². The molecule has 0 aliphatic heterocycles. The topological polar surface area (TPSA) is 94.8 Å². The van der Waals surface area contributed by atoms with E-state index in [9.17, 15) is 4.79 Å². The van der Waals surface area contributed by atoms with Gasteiger partial charge in [-0.15, -0.1) is 0 Å². The van der Waals surface area contributed by atoms with E-state index in [1.54, 1.807) is 0 Å². The van der Waals surface area contributed by atoms with Crippen LogP contribution in [0.3, 0.4) is 0 Å². The highest BCUT2D eigenvalue weighted by Crippen LogP contribution is 1.82. The number of rotatable bonds is 3. The average molecular weight is 164 g/mol. The van der Waals surface area contributed by atoms with E-state index < -0.39 is 18.5 Å². The third-order valence-corrected chi connectivity index (χ3v) is 0.599. The first-order valence-electron chi connectivity index (χ1n) is 3.09. The van der Waals surface area contributed by atoms with Gasteiger partial charge in [0.2, 0.25) is 0 Å². The monoisotopic (exact) mass is 164 g/mol. The summed E-state index contributed by atoms with van der Waals surface area (Å²) in [7, 11) is 0. The highest BCUT2D eigenvalue weighted by molar-refractivity contribution is 5.67. The molecule has 0 amide bonds. The van der Waals surface area contributed by atoms with Crippen molar-refractivity contribution in [3.63, 3.8) is 0 Å². The SMILES string of the molecule is CCCC(=O)O.O=C(O)CO. The van der Waals surface area contributed by atoms with Crippen molar-refractivity contribution < 1.29 is 24.9 Å². The van der Waals surface area contributed by atoms with Gasteiger partial charge in [-0.2, -0.15) is 0 Å². The molecule has 0 unspecified atom stereocenters. The zero-order valence-corrected chi connectivity index (χ0v) is 6.28. The molecule has 0 saturated heterocycles. The van der Waals surface area contributed by atoms with Crippen LogP contribution in [-0.4, -0.2) is 33.9 Å². The predicted molar refractivity (Wildman–Crippen MR) is 37.3 cm³/mol. The van der Waals surface area contributed by atoms with Crippen LogP contribution < -0.4 is 0 Å². The number of aliphatic hydroxyl groups excluding tert-OH is 1. The standard InChI is InChI=1S/C4H8O2.C2H4O3/c1-2-3-4(5)6;3-1-2(4)5/h2-3H2,1H3,(H,5,6);3H,1H2,(H,4,5). The van der Waals surface area contributed by atoms with Crippen molar-refractivity contribution in [3.05, 3.63) is 0 Å². The number of carboxylic acid groups (broad SMARTS) is 2. The zero-order chi connectivity index (χ0) is 9.28.